The molecule has 4 rings (SSSR count). The first kappa shape index (κ1) is 18.2. The van der Waals surface area contributed by atoms with Crippen LogP contribution in [0.3, 0.4) is 0 Å². The summed E-state index contributed by atoms with van der Waals surface area (Å²) in [6.45, 7) is 3.55. The average molecular weight is 385 g/mol. The third-order valence-electron chi connectivity index (χ3n) is 4.47. The molecule has 0 aliphatic carbocycles. The van der Waals surface area contributed by atoms with E-state index in [0.29, 0.717) is 19.8 Å². The van der Waals surface area contributed by atoms with Crippen LogP contribution in [0.25, 0.3) is 0 Å². The first-order valence-electron chi connectivity index (χ1n) is 9.17. The Labute approximate surface area is 162 Å². The van der Waals surface area contributed by atoms with Gasteiger partial charge < -0.3 is 14.2 Å². The first-order chi connectivity index (χ1) is 13.3. The second kappa shape index (κ2) is 8.21. The number of benzene rings is 1. The average Bonchev–Trinajstić information content (AvgIpc) is 3.44. The summed E-state index contributed by atoms with van der Waals surface area (Å²) < 4.78 is 20.2. The molecule has 1 aromatic carbocycles. The zero-order valence-corrected chi connectivity index (χ0v) is 16.1. The number of aromatic nitrogens is 3. The van der Waals surface area contributed by atoms with Crippen molar-refractivity contribution in [3.63, 3.8) is 0 Å². The molecule has 3 heterocycles. The van der Waals surface area contributed by atoms with E-state index >= 15 is 0 Å². The minimum absolute atomic E-state index is 0.148. The molecule has 2 unspecified atom stereocenters. The molecule has 0 N–H and O–H groups in total. The summed E-state index contributed by atoms with van der Waals surface area (Å²) in [5.74, 6) is 0.0226. The van der Waals surface area contributed by atoms with Crippen molar-refractivity contribution in [3.05, 3.63) is 64.9 Å². The van der Waals surface area contributed by atoms with Crippen molar-refractivity contribution in [1.82, 2.24) is 14.8 Å². The number of rotatable bonds is 8. The van der Waals surface area contributed by atoms with Gasteiger partial charge in [0.05, 0.1) is 11.5 Å². The Morgan fingerprint density at radius 1 is 1.33 bits per heavy atom. The molecule has 1 fully saturated rings. The number of thiophene rings is 1. The van der Waals surface area contributed by atoms with E-state index < -0.39 is 5.79 Å². The van der Waals surface area contributed by atoms with E-state index in [4.69, 9.17) is 14.2 Å². The molecule has 0 bridgehead atoms. The Bertz CT molecular complexity index is 838. The van der Waals surface area contributed by atoms with Gasteiger partial charge in [0.25, 0.3) is 0 Å². The van der Waals surface area contributed by atoms with Crippen molar-refractivity contribution in [3.8, 4) is 5.75 Å². The summed E-state index contributed by atoms with van der Waals surface area (Å²) in [4.78, 5) is 5.03. The molecular formula is C20H23N3O3S. The van der Waals surface area contributed by atoms with Crippen molar-refractivity contribution in [2.75, 3.05) is 13.2 Å². The summed E-state index contributed by atoms with van der Waals surface area (Å²) in [5.41, 5.74) is 1.29. The Balaban J connectivity index is 1.43. The number of ether oxygens (including phenoxy) is 3. The van der Waals surface area contributed by atoms with Gasteiger partial charge in [0, 0.05) is 0 Å². The van der Waals surface area contributed by atoms with E-state index in [-0.39, 0.29) is 6.10 Å². The summed E-state index contributed by atoms with van der Waals surface area (Å²) in [5, 5.41) is 6.22. The highest BCUT2D eigenvalue weighted by molar-refractivity contribution is 7.10. The van der Waals surface area contributed by atoms with E-state index in [1.807, 2.05) is 29.6 Å². The second-order valence-electron chi connectivity index (χ2n) is 6.58. The number of aryl methyl sites for hydroxylation is 1. The lowest BCUT2D eigenvalue weighted by atomic mass is 10.1. The molecule has 2 atom stereocenters. The molecule has 0 amide bonds. The van der Waals surface area contributed by atoms with Crippen molar-refractivity contribution in [2.45, 2.75) is 38.2 Å². The molecule has 142 valence electrons. The second-order valence-corrected chi connectivity index (χ2v) is 7.53. The summed E-state index contributed by atoms with van der Waals surface area (Å²) >= 11 is 1.61. The van der Waals surface area contributed by atoms with Crippen molar-refractivity contribution < 1.29 is 14.2 Å². The summed E-state index contributed by atoms with van der Waals surface area (Å²) in [6, 6.07) is 12.3. The van der Waals surface area contributed by atoms with Gasteiger partial charge in [-0.3, -0.25) is 0 Å². The molecule has 0 saturated carbocycles. The Hall–Kier alpha value is -2.22. The molecule has 1 aliphatic rings. The van der Waals surface area contributed by atoms with Gasteiger partial charge in [-0.15, -0.1) is 11.3 Å². The Morgan fingerprint density at radius 2 is 2.30 bits per heavy atom. The van der Waals surface area contributed by atoms with Crippen LogP contribution in [0.1, 0.15) is 23.8 Å². The van der Waals surface area contributed by atoms with Crippen LogP contribution in [0.15, 0.2) is 54.4 Å². The fourth-order valence-corrected chi connectivity index (χ4v) is 4.04. The first-order valence-corrected chi connectivity index (χ1v) is 10.1. The minimum Gasteiger partial charge on any atom is -0.491 e. The summed E-state index contributed by atoms with van der Waals surface area (Å²) in [7, 11) is 0. The van der Waals surface area contributed by atoms with Gasteiger partial charge in [-0.25, -0.2) is 9.67 Å². The molecule has 7 heteroatoms. The quantitative estimate of drug-likeness (QED) is 0.592. The van der Waals surface area contributed by atoms with Gasteiger partial charge in [-0.05, 0) is 35.6 Å². The molecule has 1 saturated heterocycles. The van der Waals surface area contributed by atoms with Crippen LogP contribution in [0.4, 0.5) is 0 Å². The predicted octanol–water partition coefficient (Wildman–Crippen LogP) is 3.64. The SMILES string of the molecule is CCCc1cccc(OCC2COC(Cn3cncn3)(c3cccs3)O2)c1. The zero-order chi connectivity index (χ0) is 18.5. The van der Waals surface area contributed by atoms with Crippen LogP contribution in [0, 0.1) is 0 Å². The van der Waals surface area contributed by atoms with Crippen LogP contribution < -0.4 is 4.74 Å². The monoisotopic (exact) mass is 385 g/mol. The van der Waals surface area contributed by atoms with Gasteiger partial charge in [0.1, 0.15) is 37.7 Å². The largest absolute Gasteiger partial charge is 0.491 e. The molecule has 27 heavy (non-hydrogen) atoms. The maximum Gasteiger partial charge on any atom is 0.225 e. The standard InChI is InChI=1S/C20H23N3O3S/c1-2-5-16-6-3-7-17(10-16)24-11-18-12-25-20(26-18,19-8-4-9-27-19)13-23-15-21-14-22-23/h3-4,6-10,14-15,18H,2,5,11-13H2,1H3. The molecule has 2 aromatic heterocycles. The van der Waals surface area contributed by atoms with Crippen LogP contribution in [0.2, 0.25) is 0 Å². The highest BCUT2D eigenvalue weighted by Gasteiger charge is 2.45. The topological polar surface area (TPSA) is 58.4 Å². The van der Waals surface area contributed by atoms with E-state index in [1.165, 1.54) is 11.9 Å². The number of nitrogens with zero attached hydrogens (tertiary/aromatic N) is 3. The van der Waals surface area contributed by atoms with Crippen molar-refractivity contribution in [1.29, 1.82) is 0 Å². The predicted molar refractivity (Wildman–Crippen MR) is 103 cm³/mol. The Kier molecular flexibility index (Phi) is 5.52. The highest BCUT2D eigenvalue weighted by atomic mass is 32.1. The highest BCUT2D eigenvalue weighted by Crippen LogP contribution is 2.38. The fraction of sp³-hybridized carbons (Fsp3) is 0.400. The maximum atomic E-state index is 6.34. The molecule has 0 radical (unpaired) electrons. The van der Waals surface area contributed by atoms with Crippen molar-refractivity contribution >= 4 is 11.3 Å². The van der Waals surface area contributed by atoms with Crippen LogP contribution in [-0.2, 0) is 28.2 Å². The van der Waals surface area contributed by atoms with E-state index in [2.05, 4.69) is 29.1 Å². The lowest BCUT2D eigenvalue weighted by Gasteiger charge is -2.26. The smallest absolute Gasteiger partial charge is 0.225 e. The minimum atomic E-state index is -0.847. The maximum absolute atomic E-state index is 6.34. The normalized spacial score (nSPS) is 22.2. The third-order valence-corrected chi connectivity index (χ3v) is 5.46. The Morgan fingerprint density at radius 3 is 3.07 bits per heavy atom. The molecule has 1 aliphatic heterocycles. The number of hydrogen-bond acceptors (Lipinski definition) is 6. The summed E-state index contributed by atoms with van der Waals surface area (Å²) in [6.07, 6.45) is 5.21. The van der Waals surface area contributed by atoms with E-state index in [0.717, 1.165) is 23.5 Å². The molecule has 3 aromatic rings. The fourth-order valence-electron chi connectivity index (χ4n) is 3.23. The van der Waals surface area contributed by atoms with Gasteiger partial charge >= 0.3 is 0 Å². The van der Waals surface area contributed by atoms with Crippen LogP contribution in [0.5, 0.6) is 5.75 Å². The van der Waals surface area contributed by atoms with E-state index in [1.54, 1.807) is 22.3 Å². The van der Waals surface area contributed by atoms with E-state index in [9.17, 15) is 0 Å². The third kappa shape index (κ3) is 4.21. The molecule has 6 nitrogen and oxygen atoms in total. The molecular weight excluding hydrogens is 362 g/mol. The van der Waals surface area contributed by atoms with Gasteiger partial charge in [0.2, 0.25) is 5.79 Å². The molecule has 0 spiro atoms. The van der Waals surface area contributed by atoms with Gasteiger partial charge in [0.15, 0.2) is 0 Å². The van der Waals surface area contributed by atoms with Gasteiger partial charge in [-0.2, -0.15) is 5.10 Å². The lowest BCUT2D eigenvalue weighted by Crippen LogP contribution is -2.33. The number of hydrogen-bond donors (Lipinski definition) is 0. The van der Waals surface area contributed by atoms with Gasteiger partial charge in [-0.1, -0.05) is 31.5 Å². The van der Waals surface area contributed by atoms with Crippen molar-refractivity contribution in [2.24, 2.45) is 0 Å². The van der Waals surface area contributed by atoms with Crippen LogP contribution in [-0.4, -0.2) is 34.1 Å². The van der Waals surface area contributed by atoms with Crippen LogP contribution >= 0.6 is 11.3 Å². The lowest BCUT2D eigenvalue weighted by molar-refractivity contribution is -0.188. The zero-order valence-electron chi connectivity index (χ0n) is 15.3.